The van der Waals surface area contributed by atoms with Gasteiger partial charge in [0.05, 0.1) is 0 Å². The van der Waals surface area contributed by atoms with Crippen LogP contribution in [0.4, 0.5) is 0 Å². The van der Waals surface area contributed by atoms with E-state index in [1.165, 1.54) is 11.1 Å². The van der Waals surface area contributed by atoms with Gasteiger partial charge in [0.25, 0.3) is 0 Å². The predicted octanol–water partition coefficient (Wildman–Crippen LogP) is 2.49. The molecule has 0 bridgehead atoms. The van der Waals surface area contributed by atoms with E-state index in [0.29, 0.717) is 12.0 Å². The Hall–Kier alpha value is -0.980. The standard InChI is InChI=1S/C11H12O/c1-6-3-4-9-8(5-6)10-7(2)11(10)12-9/h3-5,7,10-11H,1-2H3/t7?,10?,11-/m1/s1. The van der Waals surface area contributed by atoms with Crippen LogP contribution >= 0.6 is 0 Å². The van der Waals surface area contributed by atoms with Crippen LogP contribution in [-0.4, -0.2) is 6.10 Å². The predicted molar refractivity (Wildman–Crippen MR) is 47.5 cm³/mol. The summed E-state index contributed by atoms with van der Waals surface area (Å²) in [6.07, 6.45) is 0.502. The van der Waals surface area contributed by atoms with E-state index in [9.17, 15) is 0 Å². The van der Waals surface area contributed by atoms with Crippen molar-refractivity contribution in [3.05, 3.63) is 29.3 Å². The average molecular weight is 160 g/mol. The van der Waals surface area contributed by atoms with Crippen molar-refractivity contribution in [2.45, 2.75) is 25.9 Å². The molecule has 62 valence electrons. The number of ether oxygens (including phenoxy) is 1. The molecule has 0 spiro atoms. The van der Waals surface area contributed by atoms with Gasteiger partial charge in [0.15, 0.2) is 0 Å². The van der Waals surface area contributed by atoms with Crippen LogP contribution in [0.15, 0.2) is 18.2 Å². The highest BCUT2D eigenvalue weighted by molar-refractivity contribution is 5.48. The Labute approximate surface area is 72.4 Å². The van der Waals surface area contributed by atoms with Crippen LogP contribution in [0.25, 0.3) is 0 Å². The van der Waals surface area contributed by atoms with E-state index in [4.69, 9.17) is 4.74 Å². The zero-order chi connectivity index (χ0) is 8.29. The van der Waals surface area contributed by atoms with Crippen molar-refractivity contribution < 1.29 is 4.74 Å². The SMILES string of the molecule is Cc1ccc2c(c1)C1C(C)[C@H]1O2. The molecule has 0 saturated heterocycles. The number of fused-ring (bicyclic) bond motifs is 3. The Morgan fingerprint density at radius 2 is 2.17 bits per heavy atom. The minimum atomic E-state index is 0.502. The zero-order valence-corrected chi connectivity index (χ0v) is 7.37. The molecule has 1 saturated carbocycles. The maximum Gasteiger partial charge on any atom is 0.123 e. The van der Waals surface area contributed by atoms with Crippen LogP contribution in [0.3, 0.4) is 0 Å². The van der Waals surface area contributed by atoms with Crippen LogP contribution < -0.4 is 4.74 Å². The third-order valence-corrected chi connectivity index (χ3v) is 3.09. The molecule has 1 aliphatic carbocycles. The highest BCUT2D eigenvalue weighted by Gasteiger charge is 2.55. The van der Waals surface area contributed by atoms with Gasteiger partial charge < -0.3 is 4.74 Å². The lowest BCUT2D eigenvalue weighted by Crippen LogP contribution is -1.95. The molecular formula is C11H12O. The summed E-state index contributed by atoms with van der Waals surface area (Å²) in [7, 11) is 0. The molecule has 12 heavy (non-hydrogen) atoms. The van der Waals surface area contributed by atoms with Crippen LogP contribution in [0.1, 0.15) is 24.0 Å². The first-order chi connectivity index (χ1) is 5.77. The molecule has 3 rings (SSSR count). The van der Waals surface area contributed by atoms with Gasteiger partial charge in [-0.25, -0.2) is 0 Å². The number of aryl methyl sites for hydroxylation is 1. The van der Waals surface area contributed by atoms with Gasteiger partial charge in [0.1, 0.15) is 11.9 Å². The Morgan fingerprint density at radius 1 is 1.33 bits per heavy atom. The van der Waals surface area contributed by atoms with Crippen molar-refractivity contribution in [1.29, 1.82) is 0 Å². The largest absolute Gasteiger partial charge is 0.489 e. The maximum atomic E-state index is 5.75. The lowest BCUT2D eigenvalue weighted by molar-refractivity contribution is 0.300. The van der Waals surface area contributed by atoms with Crippen molar-refractivity contribution in [3.8, 4) is 5.75 Å². The van der Waals surface area contributed by atoms with Crippen LogP contribution in [0.5, 0.6) is 5.75 Å². The van der Waals surface area contributed by atoms with Gasteiger partial charge >= 0.3 is 0 Å². The fraction of sp³-hybridized carbons (Fsp3) is 0.455. The van der Waals surface area contributed by atoms with Crippen molar-refractivity contribution >= 4 is 0 Å². The molecular weight excluding hydrogens is 148 g/mol. The second-order valence-electron chi connectivity index (χ2n) is 4.01. The summed E-state index contributed by atoms with van der Waals surface area (Å²) < 4.78 is 5.75. The van der Waals surface area contributed by atoms with Crippen LogP contribution in [-0.2, 0) is 0 Å². The molecule has 1 fully saturated rings. The summed E-state index contributed by atoms with van der Waals surface area (Å²) in [5.41, 5.74) is 2.78. The van der Waals surface area contributed by atoms with Gasteiger partial charge in [-0.05, 0) is 13.0 Å². The normalized spacial score (nSPS) is 35.3. The first kappa shape index (κ1) is 6.53. The monoisotopic (exact) mass is 160 g/mol. The molecule has 1 aromatic carbocycles. The number of benzene rings is 1. The molecule has 3 atom stereocenters. The Bertz CT molecular complexity index is 343. The Morgan fingerprint density at radius 3 is 3.00 bits per heavy atom. The van der Waals surface area contributed by atoms with E-state index in [1.54, 1.807) is 0 Å². The molecule has 0 radical (unpaired) electrons. The minimum absolute atomic E-state index is 0.502. The van der Waals surface area contributed by atoms with E-state index in [2.05, 4.69) is 32.0 Å². The summed E-state index contributed by atoms with van der Waals surface area (Å²) in [5, 5.41) is 0. The molecule has 2 unspecified atom stereocenters. The first-order valence-corrected chi connectivity index (χ1v) is 4.54. The molecule has 1 heteroatoms. The molecule has 2 aliphatic rings. The molecule has 1 nitrogen and oxygen atoms in total. The fourth-order valence-corrected chi connectivity index (χ4v) is 2.25. The van der Waals surface area contributed by atoms with Crippen molar-refractivity contribution in [3.63, 3.8) is 0 Å². The van der Waals surface area contributed by atoms with E-state index < -0.39 is 0 Å². The van der Waals surface area contributed by atoms with Gasteiger partial charge in [-0.2, -0.15) is 0 Å². The summed E-state index contributed by atoms with van der Waals surface area (Å²) in [4.78, 5) is 0. The second kappa shape index (κ2) is 1.85. The molecule has 1 aliphatic heterocycles. The van der Waals surface area contributed by atoms with Gasteiger partial charge in [-0.1, -0.05) is 24.6 Å². The summed E-state index contributed by atoms with van der Waals surface area (Å²) in [6, 6.07) is 6.49. The smallest absolute Gasteiger partial charge is 0.123 e. The van der Waals surface area contributed by atoms with Crippen LogP contribution in [0.2, 0.25) is 0 Å². The van der Waals surface area contributed by atoms with E-state index in [1.807, 2.05) is 0 Å². The molecule has 0 N–H and O–H groups in total. The minimum Gasteiger partial charge on any atom is -0.489 e. The Balaban J connectivity index is 2.12. The van der Waals surface area contributed by atoms with Gasteiger partial charge in [0.2, 0.25) is 0 Å². The molecule has 0 aromatic heterocycles. The average Bonchev–Trinajstić information content (AvgIpc) is 2.55. The number of hydrogen-bond acceptors (Lipinski definition) is 1. The van der Waals surface area contributed by atoms with Gasteiger partial charge in [-0.15, -0.1) is 0 Å². The van der Waals surface area contributed by atoms with Crippen molar-refractivity contribution in [1.82, 2.24) is 0 Å². The zero-order valence-electron chi connectivity index (χ0n) is 7.37. The third kappa shape index (κ3) is 0.644. The fourth-order valence-electron chi connectivity index (χ4n) is 2.25. The quantitative estimate of drug-likeness (QED) is 0.566. The van der Waals surface area contributed by atoms with Crippen molar-refractivity contribution in [2.75, 3.05) is 0 Å². The van der Waals surface area contributed by atoms with Gasteiger partial charge in [0, 0.05) is 17.4 Å². The molecule has 1 heterocycles. The Kier molecular flexibility index (Phi) is 1.00. The van der Waals surface area contributed by atoms with Crippen LogP contribution in [0, 0.1) is 12.8 Å². The molecule has 0 amide bonds. The maximum absolute atomic E-state index is 5.75. The summed E-state index contributed by atoms with van der Waals surface area (Å²) in [5.74, 6) is 2.58. The van der Waals surface area contributed by atoms with E-state index in [-0.39, 0.29) is 0 Å². The first-order valence-electron chi connectivity index (χ1n) is 4.54. The number of hydrogen-bond donors (Lipinski definition) is 0. The highest BCUT2D eigenvalue weighted by Crippen LogP contribution is 2.57. The lowest BCUT2D eigenvalue weighted by Gasteiger charge is -2.05. The highest BCUT2D eigenvalue weighted by atomic mass is 16.5. The second-order valence-corrected chi connectivity index (χ2v) is 4.01. The lowest BCUT2D eigenvalue weighted by atomic mass is 10.1. The van der Waals surface area contributed by atoms with Gasteiger partial charge in [-0.3, -0.25) is 0 Å². The van der Waals surface area contributed by atoms with E-state index >= 15 is 0 Å². The molecule has 1 aromatic rings. The number of rotatable bonds is 0. The topological polar surface area (TPSA) is 9.23 Å². The third-order valence-electron chi connectivity index (χ3n) is 3.09. The van der Waals surface area contributed by atoms with E-state index in [0.717, 1.165) is 11.7 Å². The summed E-state index contributed by atoms with van der Waals surface area (Å²) >= 11 is 0. The van der Waals surface area contributed by atoms with Crippen molar-refractivity contribution in [2.24, 2.45) is 5.92 Å². The summed E-state index contributed by atoms with van der Waals surface area (Å²) in [6.45, 7) is 4.40.